The van der Waals surface area contributed by atoms with Crippen LogP contribution in [-0.4, -0.2) is 16.9 Å². The number of nitrogens with one attached hydrogen (secondary N) is 1. The van der Waals surface area contributed by atoms with Crippen molar-refractivity contribution in [3.8, 4) is 0 Å². The van der Waals surface area contributed by atoms with Gasteiger partial charge in [0.1, 0.15) is 5.69 Å². The molecule has 1 aromatic rings. The highest BCUT2D eigenvalue weighted by molar-refractivity contribution is 5.92. The number of nitrogens with zero attached hydrogens (tertiary/aromatic N) is 1. The lowest BCUT2D eigenvalue weighted by molar-refractivity contribution is 0.0905. The lowest BCUT2D eigenvalue weighted by Crippen LogP contribution is -2.41. The van der Waals surface area contributed by atoms with E-state index in [1.807, 2.05) is 6.92 Å². The highest BCUT2D eigenvalue weighted by Gasteiger charge is 2.22. The molecule has 1 rings (SSSR count). The summed E-state index contributed by atoms with van der Waals surface area (Å²) in [7, 11) is 0. The van der Waals surface area contributed by atoms with Gasteiger partial charge in [-0.15, -0.1) is 0 Å². The molecule has 3 N–H and O–H groups in total. The summed E-state index contributed by atoms with van der Waals surface area (Å²) in [6.45, 7) is 8.21. The summed E-state index contributed by atoms with van der Waals surface area (Å²) in [5, 5.41) is 2.91. The Hall–Kier alpha value is -1.58. The number of amides is 1. The van der Waals surface area contributed by atoms with Gasteiger partial charge in [-0.2, -0.15) is 0 Å². The van der Waals surface area contributed by atoms with E-state index in [0.29, 0.717) is 11.4 Å². The zero-order valence-corrected chi connectivity index (χ0v) is 10.2. The Balaban J connectivity index is 2.70. The fourth-order valence-electron chi connectivity index (χ4n) is 1.03. The third-order valence-electron chi connectivity index (χ3n) is 2.67. The van der Waals surface area contributed by atoms with Crippen LogP contribution in [0.1, 0.15) is 38.2 Å². The predicted molar refractivity (Wildman–Crippen MR) is 65.0 cm³/mol. The molecule has 0 aliphatic heterocycles. The molecule has 4 heteroatoms. The maximum Gasteiger partial charge on any atom is 0.270 e. The number of carbonyl (C=O) groups is 1. The molecule has 1 amide bonds. The van der Waals surface area contributed by atoms with Crippen molar-refractivity contribution < 1.29 is 4.79 Å². The molecule has 1 aromatic heterocycles. The topological polar surface area (TPSA) is 68.0 Å². The maximum absolute atomic E-state index is 11.8. The largest absolute Gasteiger partial charge is 0.397 e. The van der Waals surface area contributed by atoms with Gasteiger partial charge < -0.3 is 11.1 Å². The standard InChI is InChI=1S/C12H19N3O/c1-8(12(2,3)4)15-11(16)10-6-5-9(13)7-14-10/h5-8H,13H2,1-4H3,(H,15,16). The summed E-state index contributed by atoms with van der Waals surface area (Å²) in [5.74, 6) is -0.164. The number of hydrogen-bond donors (Lipinski definition) is 2. The Morgan fingerprint density at radius 1 is 1.44 bits per heavy atom. The minimum Gasteiger partial charge on any atom is -0.397 e. The van der Waals surface area contributed by atoms with Gasteiger partial charge in [0.15, 0.2) is 0 Å². The molecule has 16 heavy (non-hydrogen) atoms. The van der Waals surface area contributed by atoms with Crippen LogP contribution in [0.15, 0.2) is 18.3 Å². The van der Waals surface area contributed by atoms with Gasteiger partial charge in [-0.05, 0) is 24.5 Å². The molecule has 1 heterocycles. The lowest BCUT2D eigenvalue weighted by Gasteiger charge is -2.27. The van der Waals surface area contributed by atoms with Crippen LogP contribution in [0.25, 0.3) is 0 Å². The first-order valence-electron chi connectivity index (χ1n) is 5.33. The zero-order valence-electron chi connectivity index (χ0n) is 10.2. The number of nitrogen functional groups attached to an aromatic ring is 1. The molecule has 1 unspecified atom stereocenters. The van der Waals surface area contributed by atoms with Crippen LogP contribution < -0.4 is 11.1 Å². The van der Waals surface area contributed by atoms with Crippen molar-refractivity contribution in [1.29, 1.82) is 0 Å². The molecule has 1 atom stereocenters. The van der Waals surface area contributed by atoms with Crippen LogP contribution in [0.2, 0.25) is 0 Å². The van der Waals surface area contributed by atoms with E-state index in [1.165, 1.54) is 6.20 Å². The number of pyridine rings is 1. The number of nitrogens with two attached hydrogens (primary N) is 1. The van der Waals surface area contributed by atoms with Gasteiger partial charge in [0.25, 0.3) is 5.91 Å². The van der Waals surface area contributed by atoms with Gasteiger partial charge in [-0.1, -0.05) is 20.8 Å². The van der Waals surface area contributed by atoms with Crippen molar-refractivity contribution in [2.24, 2.45) is 5.41 Å². The van der Waals surface area contributed by atoms with Gasteiger partial charge in [-0.3, -0.25) is 4.79 Å². The zero-order chi connectivity index (χ0) is 12.3. The number of carbonyl (C=O) groups excluding carboxylic acids is 1. The van der Waals surface area contributed by atoms with Crippen LogP contribution in [0.5, 0.6) is 0 Å². The third kappa shape index (κ3) is 3.22. The maximum atomic E-state index is 11.8. The first kappa shape index (κ1) is 12.5. The van der Waals surface area contributed by atoms with Gasteiger partial charge in [0.05, 0.1) is 11.9 Å². The molecule has 88 valence electrons. The predicted octanol–water partition coefficient (Wildman–Crippen LogP) is 1.83. The molecule has 0 bridgehead atoms. The molecule has 4 nitrogen and oxygen atoms in total. The molecule has 0 aliphatic rings. The van der Waals surface area contributed by atoms with Crippen molar-refractivity contribution in [1.82, 2.24) is 10.3 Å². The smallest absolute Gasteiger partial charge is 0.270 e. The van der Waals surface area contributed by atoms with Crippen molar-refractivity contribution in [3.05, 3.63) is 24.0 Å². The Kier molecular flexibility index (Phi) is 3.52. The summed E-state index contributed by atoms with van der Waals surface area (Å²) < 4.78 is 0. The lowest BCUT2D eigenvalue weighted by atomic mass is 9.88. The summed E-state index contributed by atoms with van der Waals surface area (Å²) in [6, 6.07) is 3.38. The molecular formula is C12H19N3O. The number of aromatic nitrogens is 1. The second kappa shape index (κ2) is 4.51. The summed E-state index contributed by atoms with van der Waals surface area (Å²) in [6.07, 6.45) is 1.48. The molecule has 0 spiro atoms. The van der Waals surface area contributed by atoms with Crippen LogP contribution in [-0.2, 0) is 0 Å². The molecule has 0 aliphatic carbocycles. The van der Waals surface area contributed by atoms with Crippen molar-refractivity contribution in [3.63, 3.8) is 0 Å². The van der Waals surface area contributed by atoms with E-state index in [0.717, 1.165) is 0 Å². The van der Waals surface area contributed by atoms with E-state index >= 15 is 0 Å². The highest BCUT2D eigenvalue weighted by Crippen LogP contribution is 2.18. The molecule has 0 radical (unpaired) electrons. The SMILES string of the molecule is CC(NC(=O)c1ccc(N)cn1)C(C)(C)C. The van der Waals surface area contributed by atoms with Crippen molar-refractivity contribution >= 4 is 11.6 Å². The minimum absolute atomic E-state index is 0.0312. The summed E-state index contributed by atoms with van der Waals surface area (Å²) in [5.41, 5.74) is 6.48. The Labute approximate surface area is 96.3 Å². The van der Waals surface area contributed by atoms with Crippen molar-refractivity contribution in [2.75, 3.05) is 5.73 Å². The first-order valence-corrected chi connectivity index (χ1v) is 5.33. The second-order valence-corrected chi connectivity index (χ2v) is 5.04. The van der Waals surface area contributed by atoms with E-state index in [-0.39, 0.29) is 17.4 Å². The number of rotatable bonds is 2. The quantitative estimate of drug-likeness (QED) is 0.800. The number of hydrogen-bond acceptors (Lipinski definition) is 3. The molecule has 0 saturated heterocycles. The van der Waals surface area contributed by atoms with Crippen molar-refractivity contribution in [2.45, 2.75) is 33.7 Å². The average molecular weight is 221 g/mol. The molecule has 0 fully saturated rings. The van der Waals surface area contributed by atoms with E-state index in [9.17, 15) is 4.79 Å². The molecule has 0 saturated carbocycles. The normalized spacial score (nSPS) is 13.2. The Morgan fingerprint density at radius 3 is 2.50 bits per heavy atom. The van der Waals surface area contributed by atoms with Crippen LogP contribution >= 0.6 is 0 Å². The third-order valence-corrected chi connectivity index (χ3v) is 2.67. The Bertz CT molecular complexity index is 365. The van der Waals surface area contributed by atoms with E-state index < -0.39 is 0 Å². The number of anilines is 1. The minimum atomic E-state index is -0.164. The molecular weight excluding hydrogens is 202 g/mol. The van der Waals surface area contributed by atoms with E-state index in [2.05, 4.69) is 31.1 Å². The molecule has 0 aromatic carbocycles. The average Bonchev–Trinajstić information content (AvgIpc) is 2.17. The monoisotopic (exact) mass is 221 g/mol. The Morgan fingerprint density at radius 2 is 2.06 bits per heavy atom. The second-order valence-electron chi connectivity index (χ2n) is 5.04. The van der Waals surface area contributed by atoms with Gasteiger partial charge in [0.2, 0.25) is 0 Å². The summed E-state index contributed by atoms with van der Waals surface area (Å²) >= 11 is 0. The van der Waals surface area contributed by atoms with Crippen LogP contribution in [0.3, 0.4) is 0 Å². The van der Waals surface area contributed by atoms with E-state index in [1.54, 1.807) is 12.1 Å². The summed E-state index contributed by atoms with van der Waals surface area (Å²) in [4.78, 5) is 15.8. The van der Waals surface area contributed by atoms with Crippen LogP contribution in [0, 0.1) is 5.41 Å². The highest BCUT2D eigenvalue weighted by atomic mass is 16.1. The van der Waals surface area contributed by atoms with Gasteiger partial charge in [-0.25, -0.2) is 4.98 Å². The first-order chi connectivity index (χ1) is 7.30. The van der Waals surface area contributed by atoms with Gasteiger partial charge in [0, 0.05) is 6.04 Å². The van der Waals surface area contributed by atoms with E-state index in [4.69, 9.17) is 5.73 Å². The fourth-order valence-corrected chi connectivity index (χ4v) is 1.03. The fraction of sp³-hybridized carbons (Fsp3) is 0.500. The van der Waals surface area contributed by atoms with Crippen LogP contribution in [0.4, 0.5) is 5.69 Å². The van der Waals surface area contributed by atoms with Gasteiger partial charge >= 0.3 is 0 Å².